The quantitative estimate of drug-likeness (QED) is 0.568. The summed E-state index contributed by atoms with van der Waals surface area (Å²) in [6, 6.07) is 16.6. The maximum atomic E-state index is 12.2. The van der Waals surface area contributed by atoms with Crippen molar-refractivity contribution in [1.82, 2.24) is 35.1 Å². The summed E-state index contributed by atoms with van der Waals surface area (Å²) in [6.45, 7) is 0.246. The minimum absolute atomic E-state index is 0.246. The summed E-state index contributed by atoms with van der Waals surface area (Å²) in [6.07, 6.45) is 4.83. The van der Waals surface area contributed by atoms with Crippen molar-refractivity contribution in [1.29, 1.82) is 0 Å². The van der Waals surface area contributed by atoms with Gasteiger partial charge in [0.05, 0.1) is 24.6 Å². The van der Waals surface area contributed by atoms with Crippen LogP contribution in [0.3, 0.4) is 0 Å². The number of aromatic nitrogens is 6. The molecule has 27 heavy (non-hydrogen) atoms. The van der Waals surface area contributed by atoms with Crippen molar-refractivity contribution in [3.05, 3.63) is 79.1 Å². The normalized spacial score (nSPS) is 10.5. The highest BCUT2D eigenvalue weighted by molar-refractivity contribution is 5.89. The second kappa shape index (κ2) is 7.48. The van der Waals surface area contributed by atoms with Crippen molar-refractivity contribution in [2.45, 2.75) is 6.54 Å². The average molecular weight is 360 g/mol. The number of urea groups is 1. The lowest BCUT2D eigenvalue weighted by molar-refractivity contribution is 0.251. The van der Waals surface area contributed by atoms with Gasteiger partial charge in [0.2, 0.25) is 0 Å². The van der Waals surface area contributed by atoms with Crippen molar-refractivity contribution >= 4 is 11.7 Å². The molecule has 0 atom stereocenters. The van der Waals surface area contributed by atoms with E-state index in [2.05, 4.69) is 31.0 Å². The Labute approximate surface area is 154 Å². The summed E-state index contributed by atoms with van der Waals surface area (Å²) in [7, 11) is 0. The zero-order valence-corrected chi connectivity index (χ0v) is 14.2. The molecular weight excluding hydrogens is 344 g/mol. The Bertz CT molecular complexity index is 1010. The summed E-state index contributed by atoms with van der Waals surface area (Å²) >= 11 is 0. The number of para-hydroxylation sites is 1. The Balaban J connectivity index is 1.36. The van der Waals surface area contributed by atoms with Gasteiger partial charge in [0.15, 0.2) is 5.82 Å². The van der Waals surface area contributed by atoms with Crippen molar-refractivity contribution in [3.8, 4) is 11.4 Å². The Morgan fingerprint density at radius 3 is 2.41 bits per heavy atom. The first-order chi connectivity index (χ1) is 13.3. The van der Waals surface area contributed by atoms with Crippen molar-refractivity contribution in [2.75, 3.05) is 5.32 Å². The lowest BCUT2D eigenvalue weighted by Crippen LogP contribution is -2.29. The van der Waals surface area contributed by atoms with E-state index in [1.807, 2.05) is 47.0 Å². The molecule has 0 unspecified atom stereocenters. The van der Waals surface area contributed by atoms with Gasteiger partial charge in [-0.05, 0) is 36.4 Å². The van der Waals surface area contributed by atoms with E-state index in [0.717, 1.165) is 11.4 Å². The molecule has 0 bridgehead atoms. The number of nitrogens with zero attached hydrogens (tertiary/aromatic N) is 6. The third kappa shape index (κ3) is 3.82. The van der Waals surface area contributed by atoms with E-state index >= 15 is 0 Å². The second-order valence-electron chi connectivity index (χ2n) is 5.63. The second-order valence-corrected chi connectivity index (χ2v) is 5.63. The first kappa shape index (κ1) is 16.5. The van der Waals surface area contributed by atoms with Gasteiger partial charge in [-0.3, -0.25) is 4.57 Å². The van der Waals surface area contributed by atoms with E-state index in [9.17, 15) is 4.79 Å². The average Bonchev–Trinajstić information content (AvgIpc) is 3.40. The highest BCUT2D eigenvalue weighted by atomic mass is 16.2. The molecule has 9 nitrogen and oxygen atoms in total. The molecule has 0 spiro atoms. The monoisotopic (exact) mass is 360 g/mol. The van der Waals surface area contributed by atoms with E-state index in [4.69, 9.17) is 0 Å². The maximum absolute atomic E-state index is 12.2. The summed E-state index contributed by atoms with van der Waals surface area (Å²) in [5, 5.41) is 21.7. The molecule has 4 rings (SSSR count). The molecule has 0 saturated heterocycles. The molecule has 2 N–H and O–H groups in total. The fraction of sp³-hybridized carbons (Fsp3) is 0.0556. The highest BCUT2D eigenvalue weighted by Crippen LogP contribution is 2.12. The smallest absolute Gasteiger partial charge is 0.319 e. The molecule has 9 heteroatoms. The summed E-state index contributed by atoms with van der Waals surface area (Å²) in [4.78, 5) is 13.7. The van der Waals surface area contributed by atoms with Crippen LogP contribution in [0.1, 0.15) is 5.82 Å². The number of amides is 2. The molecule has 0 radical (unpaired) electrons. The molecule has 2 heterocycles. The largest absolute Gasteiger partial charge is 0.331 e. The first-order valence-corrected chi connectivity index (χ1v) is 8.25. The van der Waals surface area contributed by atoms with Crippen LogP contribution >= 0.6 is 0 Å². The Hall–Kier alpha value is -4.01. The fourth-order valence-corrected chi connectivity index (χ4v) is 2.55. The van der Waals surface area contributed by atoms with Crippen LogP contribution in [-0.4, -0.2) is 35.8 Å². The summed E-state index contributed by atoms with van der Waals surface area (Å²) in [5.41, 5.74) is 2.40. The van der Waals surface area contributed by atoms with Gasteiger partial charge in [-0.25, -0.2) is 4.79 Å². The van der Waals surface area contributed by atoms with Crippen LogP contribution in [0.15, 0.2) is 73.3 Å². The van der Waals surface area contributed by atoms with Gasteiger partial charge in [-0.15, -0.1) is 10.2 Å². The Morgan fingerprint density at radius 2 is 1.67 bits per heavy atom. The zero-order valence-electron chi connectivity index (χ0n) is 14.2. The maximum Gasteiger partial charge on any atom is 0.319 e. The predicted octanol–water partition coefficient (Wildman–Crippen LogP) is 2.17. The van der Waals surface area contributed by atoms with E-state index < -0.39 is 0 Å². The van der Waals surface area contributed by atoms with E-state index in [1.165, 1.54) is 4.80 Å². The number of rotatable bonds is 5. The number of hydrogen-bond donors (Lipinski definition) is 2. The van der Waals surface area contributed by atoms with Gasteiger partial charge in [0.1, 0.15) is 6.33 Å². The number of benzene rings is 2. The molecule has 2 aromatic carbocycles. The molecule has 0 fully saturated rings. The minimum atomic E-state index is -0.331. The highest BCUT2D eigenvalue weighted by Gasteiger charge is 2.08. The number of carbonyl (C=O) groups is 1. The van der Waals surface area contributed by atoms with Crippen LogP contribution in [0, 0.1) is 0 Å². The van der Waals surface area contributed by atoms with E-state index in [0.29, 0.717) is 11.5 Å². The topological polar surface area (TPSA) is 103 Å². The number of nitrogens with one attached hydrogen (secondary N) is 2. The van der Waals surface area contributed by atoms with Crippen LogP contribution in [0.4, 0.5) is 10.5 Å². The number of hydrogen-bond acceptors (Lipinski definition) is 5. The lowest BCUT2D eigenvalue weighted by Gasteiger charge is -2.09. The Kier molecular flexibility index (Phi) is 4.56. The summed E-state index contributed by atoms with van der Waals surface area (Å²) in [5.74, 6) is 0.636. The zero-order chi connectivity index (χ0) is 18.5. The van der Waals surface area contributed by atoms with Crippen LogP contribution in [0.5, 0.6) is 0 Å². The van der Waals surface area contributed by atoms with Gasteiger partial charge in [0.25, 0.3) is 0 Å². The molecule has 0 aliphatic carbocycles. The lowest BCUT2D eigenvalue weighted by atomic mass is 10.3. The molecule has 134 valence electrons. The van der Waals surface area contributed by atoms with Crippen molar-refractivity contribution in [2.24, 2.45) is 0 Å². The molecule has 2 amide bonds. The van der Waals surface area contributed by atoms with Gasteiger partial charge >= 0.3 is 6.03 Å². The number of carbonyl (C=O) groups excluding carboxylic acids is 1. The summed E-state index contributed by atoms with van der Waals surface area (Å²) < 4.78 is 1.83. The Morgan fingerprint density at radius 1 is 0.926 bits per heavy atom. The SMILES string of the molecule is O=C(NCc1nncn1-c1ccccc1)Nc1ccc(-n2nccn2)cc1. The third-order valence-electron chi connectivity index (χ3n) is 3.83. The third-order valence-corrected chi connectivity index (χ3v) is 3.83. The first-order valence-electron chi connectivity index (χ1n) is 8.25. The number of anilines is 1. The predicted molar refractivity (Wildman–Crippen MR) is 98.6 cm³/mol. The van der Waals surface area contributed by atoms with Crippen molar-refractivity contribution in [3.63, 3.8) is 0 Å². The van der Waals surface area contributed by atoms with Crippen LogP contribution < -0.4 is 10.6 Å². The van der Waals surface area contributed by atoms with Crippen LogP contribution in [0.25, 0.3) is 11.4 Å². The molecule has 0 aliphatic heterocycles. The van der Waals surface area contributed by atoms with E-state index in [-0.39, 0.29) is 12.6 Å². The van der Waals surface area contributed by atoms with Crippen LogP contribution in [-0.2, 0) is 6.54 Å². The van der Waals surface area contributed by atoms with Gasteiger partial charge in [0, 0.05) is 11.4 Å². The van der Waals surface area contributed by atoms with E-state index in [1.54, 1.807) is 30.9 Å². The molecule has 4 aromatic rings. The standard InChI is InChI=1S/C18H16N8O/c27-18(23-14-6-8-16(9-7-14)26-21-10-11-22-26)19-12-17-24-20-13-25(17)15-4-2-1-3-5-15/h1-11,13H,12H2,(H2,19,23,27). The molecule has 0 aliphatic rings. The van der Waals surface area contributed by atoms with Gasteiger partial charge in [-0.1, -0.05) is 18.2 Å². The van der Waals surface area contributed by atoms with Crippen LogP contribution in [0.2, 0.25) is 0 Å². The fourth-order valence-electron chi connectivity index (χ4n) is 2.55. The van der Waals surface area contributed by atoms with Gasteiger partial charge < -0.3 is 10.6 Å². The molecular formula is C18H16N8O. The minimum Gasteiger partial charge on any atom is -0.331 e. The molecule has 2 aromatic heterocycles. The van der Waals surface area contributed by atoms with Crippen molar-refractivity contribution < 1.29 is 4.79 Å². The molecule has 0 saturated carbocycles. The van der Waals surface area contributed by atoms with Gasteiger partial charge in [-0.2, -0.15) is 15.0 Å².